The fourth-order valence-corrected chi connectivity index (χ4v) is 0.872. The largest absolute Gasteiger partial charge is 0.444 e. The molecule has 0 radical (unpaired) electrons. The zero-order chi connectivity index (χ0) is 13.5. The summed E-state index contributed by atoms with van der Waals surface area (Å²) in [5.41, 5.74) is 2.04. The molecule has 1 amide bonds. The number of alkyl halides is 1. The van der Waals surface area contributed by atoms with E-state index in [4.69, 9.17) is 9.57 Å². The lowest BCUT2D eigenvalue weighted by atomic mass is 10.2. The van der Waals surface area contributed by atoms with Crippen molar-refractivity contribution >= 4 is 6.09 Å². The topological polar surface area (TPSA) is 59.6 Å². The van der Waals surface area contributed by atoms with Gasteiger partial charge >= 0.3 is 6.09 Å². The molecule has 102 valence electrons. The zero-order valence-corrected chi connectivity index (χ0v) is 11.2. The Morgan fingerprint density at radius 3 is 2.41 bits per heavy atom. The summed E-state index contributed by atoms with van der Waals surface area (Å²) in [6, 6.07) is 0.126. The van der Waals surface area contributed by atoms with E-state index in [1.807, 2.05) is 13.8 Å². The van der Waals surface area contributed by atoms with Gasteiger partial charge in [-0.3, -0.25) is 4.84 Å². The van der Waals surface area contributed by atoms with Crippen LogP contribution in [0, 0.1) is 0 Å². The van der Waals surface area contributed by atoms with Gasteiger partial charge in [-0.25, -0.2) is 9.18 Å². The highest BCUT2D eigenvalue weighted by Gasteiger charge is 2.17. The Balaban J connectivity index is 3.62. The molecule has 0 fully saturated rings. The lowest BCUT2D eigenvalue weighted by Crippen LogP contribution is -2.38. The summed E-state index contributed by atoms with van der Waals surface area (Å²) >= 11 is 0. The van der Waals surface area contributed by atoms with E-state index >= 15 is 0 Å². The summed E-state index contributed by atoms with van der Waals surface area (Å²) in [4.78, 5) is 16.1. The minimum Gasteiger partial charge on any atom is -0.444 e. The van der Waals surface area contributed by atoms with E-state index in [1.165, 1.54) is 0 Å². The number of carbonyl (C=O) groups excluding carboxylic acids is 1. The van der Waals surface area contributed by atoms with Crippen LogP contribution in [0.25, 0.3) is 0 Å². The summed E-state index contributed by atoms with van der Waals surface area (Å²) in [5, 5.41) is 2.33. The van der Waals surface area contributed by atoms with Crippen molar-refractivity contribution in [3.63, 3.8) is 0 Å². The average molecular weight is 250 g/mol. The maximum atomic E-state index is 13.2. The summed E-state index contributed by atoms with van der Waals surface area (Å²) in [5.74, 6) is 0. The number of halogens is 1. The number of rotatable bonds is 6. The fourth-order valence-electron chi connectivity index (χ4n) is 0.872. The molecule has 0 aromatic heterocycles. The molecule has 17 heavy (non-hydrogen) atoms. The van der Waals surface area contributed by atoms with Gasteiger partial charge in [0, 0.05) is 6.04 Å². The summed E-state index contributed by atoms with van der Waals surface area (Å²) in [7, 11) is 0. The van der Waals surface area contributed by atoms with Crippen LogP contribution in [0.2, 0.25) is 0 Å². The summed E-state index contributed by atoms with van der Waals surface area (Å²) in [6.45, 7) is 8.75. The van der Waals surface area contributed by atoms with Crippen molar-refractivity contribution in [3.8, 4) is 0 Å². The molecule has 5 nitrogen and oxygen atoms in total. The Morgan fingerprint density at radius 2 is 1.94 bits per heavy atom. The number of hydroxylamine groups is 1. The van der Waals surface area contributed by atoms with Crippen molar-refractivity contribution in [2.75, 3.05) is 13.2 Å². The Labute approximate surface area is 102 Å². The smallest absolute Gasteiger partial charge is 0.407 e. The summed E-state index contributed by atoms with van der Waals surface area (Å²) in [6.07, 6.45) is -1.90. The molecular weight excluding hydrogens is 227 g/mol. The van der Waals surface area contributed by atoms with E-state index in [2.05, 4.69) is 10.8 Å². The van der Waals surface area contributed by atoms with Crippen LogP contribution in [0.4, 0.5) is 9.18 Å². The molecule has 0 saturated heterocycles. The van der Waals surface area contributed by atoms with Gasteiger partial charge in [-0.1, -0.05) is 0 Å². The molecule has 0 aliphatic rings. The minimum absolute atomic E-state index is 0.117. The third-order valence-corrected chi connectivity index (χ3v) is 1.45. The van der Waals surface area contributed by atoms with Crippen LogP contribution in [0.3, 0.4) is 0 Å². The molecule has 1 atom stereocenters. The van der Waals surface area contributed by atoms with Gasteiger partial charge in [0.2, 0.25) is 0 Å². The molecule has 0 spiro atoms. The first kappa shape index (κ1) is 16.1. The molecule has 6 heteroatoms. The van der Waals surface area contributed by atoms with Gasteiger partial charge in [0.05, 0.1) is 6.54 Å². The van der Waals surface area contributed by atoms with Gasteiger partial charge in [0.1, 0.15) is 18.4 Å². The molecule has 2 N–H and O–H groups in total. The van der Waals surface area contributed by atoms with Crippen molar-refractivity contribution < 1.29 is 18.8 Å². The second kappa shape index (κ2) is 7.45. The van der Waals surface area contributed by atoms with E-state index in [1.54, 1.807) is 20.8 Å². The van der Waals surface area contributed by atoms with E-state index in [9.17, 15) is 9.18 Å². The molecule has 0 bridgehead atoms. The van der Waals surface area contributed by atoms with Gasteiger partial charge in [0.15, 0.2) is 0 Å². The van der Waals surface area contributed by atoms with Gasteiger partial charge in [-0.2, -0.15) is 5.48 Å². The molecule has 0 saturated carbocycles. The Hall–Kier alpha value is -0.880. The van der Waals surface area contributed by atoms with E-state index in [-0.39, 0.29) is 19.2 Å². The number of alkyl carbamates (subject to hydrolysis) is 1. The first-order valence-electron chi connectivity index (χ1n) is 5.69. The average Bonchev–Trinajstić information content (AvgIpc) is 2.11. The highest BCUT2D eigenvalue weighted by Crippen LogP contribution is 2.06. The number of hydrogen-bond donors (Lipinski definition) is 2. The Morgan fingerprint density at radius 1 is 1.35 bits per heavy atom. The van der Waals surface area contributed by atoms with Crippen molar-refractivity contribution in [2.45, 2.75) is 52.4 Å². The monoisotopic (exact) mass is 250 g/mol. The second-order valence-corrected chi connectivity index (χ2v) is 5.06. The highest BCUT2D eigenvalue weighted by molar-refractivity contribution is 5.67. The normalized spacial score (nSPS) is 13.6. The number of nitrogens with one attached hydrogen (secondary N) is 2. The standard InChI is InChI=1S/C11H23FN2O3/c1-8(2)14-16-7-9(12)6-13-10(15)17-11(3,4)5/h8-9,14H,6-7H2,1-5H3,(H,13,15). The van der Waals surface area contributed by atoms with E-state index in [0.29, 0.717) is 0 Å². The van der Waals surface area contributed by atoms with Crippen LogP contribution in [0.15, 0.2) is 0 Å². The molecule has 0 aliphatic carbocycles. The summed E-state index contributed by atoms with van der Waals surface area (Å²) < 4.78 is 18.2. The maximum absolute atomic E-state index is 13.2. The molecule has 0 aromatic carbocycles. The number of hydrogen-bond acceptors (Lipinski definition) is 4. The van der Waals surface area contributed by atoms with Crippen molar-refractivity contribution in [3.05, 3.63) is 0 Å². The van der Waals surface area contributed by atoms with Crippen LogP contribution >= 0.6 is 0 Å². The zero-order valence-electron chi connectivity index (χ0n) is 11.2. The van der Waals surface area contributed by atoms with Crippen molar-refractivity contribution in [1.82, 2.24) is 10.8 Å². The van der Waals surface area contributed by atoms with Crippen molar-refractivity contribution in [1.29, 1.82) is 0 Å². The molecule has 0 rings (SSSR count). The fraction of sp³-hybridized carbons (Fsp3) is 0.909. The molecule has 0 aliphatic heterocycles. The molecule has 0 heterocycles. The number of ether oxygens (including phenoxy) is 1. The van der Waals surface area contributed by atoms with Crippen molar-refractivity contribution in [2.24, 2.45) is 0 Å². The van der Waals surface area contributed by atoms with E-state index < -0.39 is 17.9 Å². The first-order chi connectivity index (χ1) is 7.70. The lowest BCUT2D eigenvalue weighted by Gasteiger charge is -2.20. The van der Waals surface area contributed by atoms with Gasteiger partial charge < -0.3 is 10.1 Å². The quantitative estimate of drug-likeness (QED) is 0.705. The van der Waals surface area contributed by atoms with Crippen LogP contribution in [-0.4, -0.2) is 37.1 Å². The lowest BCUT2D eigenvalue weighted by molar-refractivity contribution is -0.00719. The Bertz CT molecular complexity index is 229. The minimum atomic E-state index is -1.27. The molecular formula is C11H23FN2O3. The van der Waals surface area contributed by atoms with Gasteiger partial charge in [0.25, 0.3) is 0 Å². The third kappa shape index (κ3) is 11.4. The van der Waals surface area contributed by atoms with E-state index in [0.717, 1.165) is 0 Å². The number of carbonyl (C=O) groups is 1. The molecule has 1 unspecified atom stereocenters. The second-order valence-electron chi connectivity index (χ2n) is 5.06. The Kier molecular flexibility index (Phi) is 7.06. The predicted molar refractivity (Wildman–Crippen MR) is 63.4 cm³/mol. The SMILES string of the molecule is CC(C)NOCC(F)CNC(=O)OC(C)(C)C. The number of amides is 1. The predicted octanol–water partition coefficient (Wildman–Crippen LogP) is 1.78. The van der Waals surface area contributed by atoms with Gasteiger partial charge in [-0.15, -0.1) is 0 Å². The van der Waals surface area contributed by atoms with Crippen LogP contribution in [0.5, 0.6) is 0 Å². The maximum Gasteiger partial charge on any atom is 0.407 e. The first-order valence-corrected chi connectivity index (χ1v) is 5.69. The molecule has 0 aromatic rings. The van der Waals surface area contributed by atoms with Crippen LogP contribution in [-0.2, 0) is 9.57 Å². The van der Waals surface area contributed by atoms with Crippen LogP contribution < -0.4 is 10.8 Å². The van der Waals surface area contributed by atoms with Crippen LogP contribution in [0.1, 0.15) is 34.6 Å². The highest BCUT2D eigenvalue weighted by atomic mass is 19.1. The third-order valence-electron chi connectivity index (χ3n) is 1.45. The van der Waals surface area contributed by atoms with Gasteiger partial charge in [-0.05, 0) is 34.6 Å².